The van der Waals surface area contributed by atoms with Crippen LogP contribution in [0.15, 0.2) is 58.5 Å². The van der Waals surface area contributed by atoms with Gasteiger partial charge < -0.3 is 19.0 Å². The highest BCUT2D eigenvalue weighted by molar-refractivity contribution is 7.98. The van der Waals surface area contributed by atoms with Crippen molar-refractivity contribution in [1.82, 2.24) is 19.7 Å². The van der Waals surface area contributed by atoms with Crippen LogP contribution in [-0.2, 0) is 18.9 Å². The molecular weight excluding hydrogens is 412 g/mol. The molecule has 0 unspecified atom stereocenters. The third kappa shape index (κ3) is 4.59. The van der Waals surface area contributed by atoms with Gasteiger partial charge in [0.1, 0.15) is 18.1 Å². The molecule has 0 bridgehead atoms. The van der Waals surface area contributed by atoms with Gasteiger partial charge in [-0.25, -0.2) is 0 Å². The SMILES string of the molecule is CCn1c(COc2cccc(C)c2)nnc1SCc1cc(=O)c2cccc(OC)c2[nH]1. The van der Waals surface area contributed by atoms with E-state index in [0.29, 0.717) is 29.0 Å². The van der Waals surface area contributed by atoms with Crippen LogP contribution < -0.4 is 14.9 Å². The fraction of sp³-hybridized carbons (Fsp3) is 0.261. The fourth-order valence-electron chi connectivity index (χ4n) is 3.39. The van der Waals surface area contributed by atoms with Gasteiger partial charge in [-0.3, -0.25) is 4.79 Å². The molecule has 4 aromatic rings. The molecular formula is C23H24N4O3S. The lowest BCUT2D eigenvalue weighted by Gasteiger charge is -2.10. The Morgan fingerprint density at radius 1 is 1.13 bits per heavy atom. The second-order valence-electron chi connectivity index (χ2n) is 7.08. The van der Waals surface area contributed by atoms with Gasteiger partial charge in [0, 0.05) is 29.4 Å². The molecule has 0 fully saturated rings. The van der Waals surface area contributed by atoms with Crippen molar-refractivity contribution in [3.05, 3.63) is 75.8 Å². The molecule has 2 aromatic heterocycles. The van der Waals surface area contributed by atoms with Crippen LogP contribution in [0.4, 0.5) is 0 Å². The lowest BCUT2D eigenvalue weighted by atomic mass is 10.2. The number of hydrogen-bond donors (Lipinski definition) is 1. The van der Waals surface area contributed by atoms with E-state index >= 15 is 0 Å². The summed E-state index contributed by atoms with van der Waals surface area (Å²) < 4.78 is 13.3. The van der Waals surface area contributed by atoms with Crippen molar-refractivity contribution in [2.75, 3.05) is 7.11 Å². The van der Waals surface area contributed by atoms with E-state index in [1.54, 1.807) is 19.2 Å². The van der Waals surface area contributed by atoms with E-state index in [9.17, 15) is 4.79 Å². The van der Waals surface area contributed by atoms with Gasteiger partial charge in [-0.05, 0) is 43.7 Å². The number of rotatable bonds is 8. The molecule has 0 aliphatic heterocycles. The first-order valence-electron chi connectivity index (χ1n) is 10.0. The quantitative estimate of drug-likeness (QED) is 0.414. The number of thioether (sulfide) groups is 1. The minimum absolute atomic E-state index is 0.0348. The van der Waals surface area contributed by atoms with E-state index in [1.807, 2.05) is 54.8 Å². The number of ether oxygens (including phenoxy) is 2. The van der Waals surface area contributed by atoms with Crippen molar-refractivity contribution >= 4 is 22.7 Å². The maximum Gasteiger partial charge on any atom is 0.191 e. The maximum absolute atomic E-state index is 12.5. The van der Waals surface area contributed by atoms with E-state index in [-0.39, 0.29) is 5.43 Å². The van der Waals surface area contributed by atoms with Crippen LogP contribution in [0.3, 0.4) is 0 Å². The van der Waals surface area contributed by atoms with Gasteiger partial charge in [0.05, 0.1) is 12.6 Å². The topological polar surface area (TPSA) is 82.0 Å². The summed E-state index contributed by atoms with van der Waals surface area (Å²) >= 11 is 1.52. The Morgan fingerprint density at radius 2 is 1.97 bits per heavy atom. The molecule has 0 radical (unpaired) electrons. The van der Waals surface area contributed by atoms with Crippen LogP contribution in [0.25, 0.3) is 10.9 Å². The monoisotopic (exact) mass is 436 g/mol. The molecule has 0 atom stereocenters. The lowest BCUT2D eigenvalue weighted by Crippen LogP contribution is -2.08. The Morgan fingerprint density at radius 3 is 2.74 bits per heavy atom. The highest BCUT2D eigenvalue weighted by Crippen LogP contribution is 2.25. The van der Waals surface area contributed by atoms with Crippen molar-refractivity contribution < 1.29 is 9.47 Å². The molecule has 0 saturated heterocycles. The zero-order valence-electron chi connectivity index (χ0n) is 17.7. The van der Waals surface area contributed by atoms with Crippen molar-refractivity contribution in [2.45, 2.75) is 37.9 Å². The van der Waals surface area contributed by atoms with Gasteiger partial charge in [-0.1, -0.05) is 30.0 Å². The van der Waals surface area contributed by atoms with Crippen molar-refractivity contribution in [2.24, 2.45) is 0 Å². The Hall–Kier alpha value is -3.26. The largest absolute Gasteiger partial charge is 0.495 e. The predicted octanol–water partition coefficient (Wildman–Crippen LogP) is 4.33. The second kappa shape index (κ2) is 9.26. The van der Waals surface area contributed by atoms with Gasteiger partial charge in [-0.15, -0.1) is 10.2 Å². The number of aromatic amines is 1. The van der Waals surface area contributed by atoms with Crippen LogP contribution in [-0.4, -0.2) is 26.9 Å². The molecule has 0 aliphatic carbocycles. The summed E-state index contributed by atoms with van der Waals surface area (Å²) in [6, 6.07) is 15.0. The van der Waals surface area contributed by atoms with Crippen molar-refractivity contribution in [3.63, 3.8) is 0 Å². The predicted molar refractivity (Wildman–Crippen MR) is 122 cm³/mol. The second-order valence-corrected chi connectivity index (χ2v) is 8.02. The molecule has 0 spiro atoms. The summed E-state index contributed by atoms with van der Waals surface area (Å²) in [6.07, 6.45) is 0. The summed E-state index contributed by atoms with van der Waals surface area (Å²) in [7, 11) is 1.60. The Balaban J connectivity index is 1.50. The van der Waals surface area contributed by atoms with Gasteiger partial charge in [-0.2, -0.15) is 0 Å². The number of benzene rings is 2. The highest BCUT2D eigenvalue weighted by atomic mass is 32.2. The molecule has 2 heterocycles. The Labute approximate surface area is 184 Å². The first-order chi connectivity index (χ1) is 15.1. The number of nitrogens with zero attached hydrogens (tertiary/aromatic N) is 3. The third-order valence-corrected chi connectivity index (χ3v) is 5.94. The molecule has 0 saturated carbocycles. The summed E-state index contributed by atoms with van der Waals surface area (Å²) in [6.45, 7) is 5.15. The summed E-state index contributed by atoms with van der Waals surface area (Å²) in [5.74, 6) is 2.77. The highest BCUT2D eigenvalue weighted by Gasteiger charge is 2.13. The number of aromatic nitrogens is 4. The van der Waals surface area contributed by atoms with Crippen LogP contribution in [0.1, 0.15) is 24.0 Å². The number of fused-ring (bicyclic) bond motifs is 1. The summed E-state index contributed by atoms with van der Waals surface area (Å²) in [5.41, 5.74) is 2.62. The van der Waals surface area contributed by atoms with E-state index in [4.69, 9.17) is 9.47 Å². The molecule has 31 heavy (non-hydrogen) atoms. The number of pyridine rings is 1. The van der Waals surface area contributed by atoms with Gasteiger partial charge >= 0.3 is 0 Å². The fourth-order valence-corrected chi connectivity index (χ4v) is 4.32. The van der Waals surface area contributed by atoms with Crippen LogP contribution in [0, 0.1) is 6.92 Å². The number of methoxy groups -OCH3 is 1. The Kier molecular flexibility index (Phi) is 6.27. The van der Waals surface area contributed by atoms with Gasteiger partial charge in [0.2, 0.25) is 0 Å². The van der Waals surface area contributed by atoms with Crippen molar-refractivity contribution in [3.8, 4) is 11.5 Å². The van der Waals surface area contributed by atoms with E-state index < -0.39 is 0 Å². The zero-order chi connectivity index (χ0) is 21.8. The Bertz CT molecular complexity index is 1270. The molecule has 4 rings (SSSR count). The number of H-pyrrole nitrogens is 1. The van der Waals surface area contributed by atoms with E-state index in [0.717, 1.165) is 34.5 Å². The minimum atomic E-state index is -0.0348. The van der Waals surface area contributed by atoms with Gasteiger partial charge in [0.15, 0.2) is 16.4 Å². The normalized spacial score (nSPS) is 11.1. The van der Waals surface area contributed by atoms with E-state index in [1.165, 1.54) is 11.8 Å². The first kappa shape index (κ1) is 21.0. The average molecular weight is 437 g/mol. The van der Waals surface area contributed by atoms with Gasteiger partial charge in [0.25, 0.3) is 0 Å². The maximum atomic E-state index is 12.5. The molecule has 2 aromatic carbocycles. The first-order valence-corrected chi connectivity index (χ1v) is 11.0. The molecule has 0 amide bonds. The standard InChI is InChI=1S/C23H24N4O3S/c1-4-27-21(13-30-17-8-5-7-15(2)11-17)25-26-23(27)31-14-16-12-19(28)18-9-6-10-20(29-3)22(18)24-16/h5-12H,4,13-14H2,1-3H3,(H,24,28). The summed E-state index contributed by atoms with van der Waals surface area (Å²) in [5, 5.41) is 10.0. The molecule has 7 nitrogen and oxygen atoms in total. The van der Waals surface area contributed by atoms with Crippen LogP contribution >= 0.6 is 11.8 Å². The lowest BCUT2D eigenvalue weighted by molar-refractivity contribution is 0.288. The summed E-state index contributed by atoms with van der Waals surface area (Å²) in [4.78, 5) is 15.8. The average Bonchev–Trinajstić information content (AvgIpc) is 3.18. The number of hydrogen-bond acceptors (Lipinski definition) is 6. The number of para-hydroxylation sites is 1. The molecule has 0 aliphatic rings. The van der Waals surface area contributed by atoms with Crippen molar-refractivity contribution in [1.29, 1.82) is 0 Å². The van der Waals surface area contributed by atoms with E-state index in [2.05, 4.69) is 15.2 Å². The molecule has 8 heteroatoms. The number of aryl methyl sites for hydroxylation is 1. The van der Waals surface area contributed by atoms with Crippen LogP contribution in [0.2, 0.25) is 0 Å². The third-order valence-electron chi connectivity index (χ3n) is 4.93. The molecule has 1 N–H and O–H groups in total. The molecule has 160 valence electrons. The minimum Gasteiger partial charge on any atom is -0.495 e. The zero-order valence-corrected chi connectivity index (χ0v) is 18.5. The number of nitrogens with one attached hydrogen (secondary N) is 1. The van der Waals surface area contributed by atoms with Crippen LogP contribution in [0.5, 0.6) is 11.5 Å². The smallest absolute Gasteiger partial charge is 0.191 e.